The van der Waals surface area contributed by atoms with Crippen LogP contribution in [0.2, 0.25) is 0 Å². The normalized spacial score (nSPS) is 26.2. The number of nitrogens with zero attached hydrogens (tertiary/aromatic N) is 3. The highest BCUT2D eigenvalue weighted by molar-refractivity contribution is 6.00. The van der Waals surface area contributed by atoms with E-state index in [1.807, 2.05) is 12.1 Å². The maximum Gasteiger partial charge on any atom is 0.251 e. The second-order valence-electron chi connectivity index (χ2n) is 10.8. The quantitative estimate of drug-likeness (QED) is 0.326. The van der Waals surface area contributed by atoms with Crippen molar-refractivity contribution in [2.45, 2.75) is 61.8 Å². The van der Waals surface area contributed by atoms with Crippen LogP contribution in [0.5, 0.6) is 0 Å². The van der Waals surface area contributed by atoms with E-state index in [0.717, 1.165) is 43.6 Å². The molecule has 5 atom stereocenters. The molecule has 6 rings (SSSR count). The number of carbonyl (C=O) groups is 2. The number of fused-ring (bicyclic) bond motifs is 2. The SMILES string of the molecule is O=C(N[C@@H](CCCN[C@@H]1C[C@H]1c1ccc(F)cc1)C(=O)C12CCC(CNC1)O2)c1ccc(-n2ccnn2)cc1. The van der Waals surface area contributed by atoms with Gasteiger partial charge >= 0.3 is 0 Å². The van der Waals surface area contributed by atoms with Crippen molar-refractivity contribution in [3.63, 3.8) is 0 Å². The third-order valence-corrected chi connectivity index (χ3v) is 8.10. The topological polar surface area (TPSA) is 110 Å². The summed E-state index contributed by atoms with van der Waals surface area (Å²) in [6.07, 6.45) is 7.13. The van der Waals surface area contributed by atoms with Gasteiger partial charge in [0.2, 0.25) is 0 Å². The van der Waals surface area contributed by atoms with Crippen LogP contribution in [0.25, 0.3) is 5.69 Å². The number of Topliss-reactive ketones (excluding diaryl/α,β-unsaturated/α-hetero) is 1. The van der Waals surface area contributed by atoms with Gasteiger partial charge in [-0.3, -0.25) is 9.59 Å². The number of benzene rings is 2. The summed E-state index contributed by atoms with van der Waals surface area (Å²) in [4.78, 5) is 27.0. The fourth-order valence-corrected chi connectivity index (χ4v) is 5.84. The summed E-state index contributed by atoms with van der Waals surface area (Å²) in [6.45, 7) is 1.95. The maximum atomic E-state index is 13.8. The lowest BCUT2D eigenvalue weighted by molar-refractivity contribution is -0.148. The smallest absolute Gasteiger partial charge is 0.251 e. The maximum absolute atomic E-state index is 13.8. The van der Waals surface area contributed by atoms with E-state index in [1.54, 1.807) is 41.3 Å². The molecule has 2 unspecified atom stereocenters. The number of hydrogen-bond donors (Lipinski definition) is 3. The number of hydrogen-bond acceptors (Lipinski definition) is 7. The number of morpholine rings is 1. The van der Waals surface area contributed by atoms with Gasteiger partial charge in [-0.05, 0) is 80.6 Å². The van der Waals surface area contributed by atoms with Gasteiger partial charge in [-0.15, -0.1) is 5.10 Å². The number of ether oxygens (including phenoxy) is 1. The predicted molar refractivity (Wildman–Crippen MR) is 142 cm³/mol. The summed E-state index contributed by atoms with van der Waals surface area (Å²) >= 11 is 0. The standard InChI is InChI=1S/C29H33FN6O3/c30-21-7-3-19(4-8-21)24-16-26(24)32-13-1-2-25(27(37)29-12-11-23(39-29)17-31-18-29)34-28(38)20-5-9-22(10-6-20)36-15-14-33-35-36/h3-10,14-15,23-26,31-32H,1-2,11-13,16-18H2,(H,34,38)/t23?,24-,25-,26+,29?/m0/s1. The van der Waals surface area contributed by atoms with Crippen LogP contribution in [0.15, 0.2) is 60.9 Å². The monoisotopic (exact) mass is 532 g/mol. The molecule has 2 aliphatic heterocycles. The fourth-order valence-electron chi connectivity index (χ4n) is 5.84. The van der Waals surface area contributed by atoms with Gasteiger partial charge in [-0.1, -0.05) is 17.3 Å². The summed E-state index contributed by atoms with van der Waals surface area (Å²) in [7, 11) is 0. The lowest BCUT2D eigenvalue weighted by Gasteiger charge is -2.35. The number of rotatable bonds is 11. The molecule has 2 saturated heterocycles. The van der Waals surface area contributed by atoms with Gasteiger partial charge < -0.3 is 20.7 Å². The number of nitrogens with one attached hydrogen (secondary N) is 3. The predicted octanol–water partition coefficient (Wildman–Crippen LogP) is 2.52. The molecule has 204 valence electrons. The van der Waals surface area contributed by atoms with Gasteiger partial charge in [0.05, 0.1) is 30.2 Å². The average Bonchev–Trinajstić information content (AvgIpc) is 3.37. The first kappa shape index (κ1) is 25.8. The number of carbonyl (C=O) groups excluding carboxylic acids is 2. The van der Waals surface area contributed by atoms with E-state index in [-0.39, 0.29) is 23.6 Å². The second kappa shape index (κ2) is 11.0. The average molecular weight is 533 g/mol. The Kier molecular flexibility index (Phi) is 7.24. The Balaban J connectivity index is 1.08. The van der Waals surface area contributed by atoms with Crippen molar-refractivity contribution >= 4 is 11.7 Å². The molecule has 3 heterocycles. The Hall–Kier alpha value is -3.47. The molecule has 9 nitrogen and oxygen atoms in total. The molecule has 1 aromatic heterocycles. The molecule has 2 bridgehead atoms. The second-order valence-corrected chi connectivity index (χ2v) is 10.8. The van der Waals surface area contributed by atoms with Crippen LogP contribution in [0.3, 0.4) is 0 Å². The van der Waals surface area contributed by atoms with Crippen molar-refractivity contribution in [1.29, 1.82) is 0 Å². The fraction of sp³-hybridized carbons (Fsp3) is 0.448. The van der Waals surface area contributed by atoms with Crippen molar-refractivity contribution in [3.8, 4) is 5.69 Å². The van der Waals surface area contributed by atoms with Crippen LogP contribution in [0.4, 0.5) is 4.39 Å². The first-order chi connectivity index (χ1) is 19.0. The van der Waals surface area contributed by atoms with Gasteiger partial charge in [-0.25, -0.2) is 9.07 Å². The largest absolute Gasteiger partial charge is 0.361 e. The zero-order valence-corrected chi connectivity index (χ0v) is 21.7. The molecule has 0 radical (unpaired) electrons. The summed E-state index contributed by atoms with van der Waals surface area (Å²) in [6, 6.07) is 13.4. The van der Waals surface area contributed by atoms with Crippen LogP contribution in [0.1, 0.15) is 53.9 Å². The third-order valence-electron chi connectivity index (χ3n) is 8.10. The summed E-state index contributed by atoms with van der Waals surface area (Å²) in [5.74, 6) is -0.183. The van der Waals surface area contributed by atoms with Crippen molar-refractivity contribution in [3.05, 3.63) is 77.9 Å². The molecule has 3 aliphatic rings. The zero-order chi connectivity index (χ0) is 26.8. The molecule has 2 aromatic carbocycles. The van der Waals surface area contributed by atoms with Gasteiger partial charge in [0.25, 0.3) is 5.91 Å². The van der Waals surface area contributed by atoms with Gasteiger partial charge in [0.15, 0.2) is 5.78 Å². The van der Waals surface area contributed by atoms with Crippen molar-refractivity contribution in [2.24, 2.45) is 0 Å². The molecular weight excluding hydrogens is 499 g/mol. The lowest BCUT2D eigenvalue weighted by Crippen LogP contribution is -2.59. The molecule has 3 aromatic rings. The molecular formula is C29H33FN6O3. The van der Waals surface area contributed by atoms with Crippen LogP contribution in [-0.4, -0.2) is 70.1 Å². The molecule has 0 spiro atoms. The third kappa shape index (κ3) is 5.63. The Morgan fingerprint density at radius 3 is 2.77 bits per heavy atom. The summed E-state index contributed by atoms with van der Waals surface area (Å²) in [5, 5.41) is 17.7. The van der Waals surface area contributed by atoms with Crippen LogP contribution in [-0.2, 0) is 9.53 Å². The Morgan fingerprint density at radius 2 is 2.00 bits per heavy atom. The number of halogens is 1. The summed E-state index contributed by atoms with van der Waals surface area (Å²) < 4.78 is 21.0. The molecule has 1 amide bonds. The van der Waals surface area contributed by atoms with Crippen LogP contribution in [0, 0.1) is 5.82 Å². The van der Waals surface area contributed by atoms with E-state index < -0.39 is 11.6 Å². The van der Waals surface area contributed by atoms with Gasteiger partial charge in [0, 0.05) is 30.6 Å². The summed E-state index contributed by atoms with van der Waals surface area (Å²) in [5.41, 5.74) is 1.52. The molecule has 3 fully saturated rings. The Bertz CT molecular complexity index is 1300. The van der Waals surface area contributed by atoms with Gasteiger partial charge in [-0.2, -0.15) is 0 Å². The molecule has 1 aliphatic carbocycles. The highest BCUT2D eigenvalue weighted by atomic mass is 19.1. The Morgan fingerprint density at radius 1 is 1.18 bits per heavy atom. The minimum Gasteiger partial charge on any atom is -0.361 e. The van der Waals surface area contributed by atoms with Crippen molar-refractivity contribution in [1.82, 2.24) is 30.9 Å². The first-order valence-electron chi connectivity index (χ1n) is 13.7. The van der Waals surface area contributed by atoms with Crippen LogP contribution < -0.4 is 16.0 Å². The molecule has 1 saturated carbocycles. The van der Waals surface area contributed by atoms with E-state index >= 15 is 0 Å². The molecule has 39 heavy (non-hydrogen) atoms. The Labute approximate surface area is 226 Å². The minimum atomic E-state index is -0.880. The lowest BCUT2D eigenvalue weighted by atomic mass is 9.88. The van der Waals surface area contributed by atoms with E-state index in [9.17, 15) is 14.0 Å². The van der Waals surface area contributed by atoms with E-state index in [2.05, 4.69) is 26.3 Å². The van der Waals surface area contributed by atoms with Crippen molar-refractivity contribution in [2.75, 3.05) is 19.6 Å². The van der Waals surface area contributed by atoms with Gasteiger partial charge in [0.1, 0.15) is 11.4 Å². The highest BCUT2D eigenvalue weighted by Crippen LogP contribution is 2.40. The number of amides is 1. The van der Waals surface area contributed by atoms with Crippen LogP contribution >= 0.6 is 0 Å². The van der Waals surface area contributed by atoms with E-state index in [1.165, 1.54) is 12.1 Å². The molecule has 10 heteroatoms. The van der Waals surface area contributed by atoms with E-state index in [0.29, 0.717) is 36.9 Å². The van der Waals surface area contributed by atoms with E-state index in [4.69, 9.17) is 4.74 Å². The highest BCUT2D eigenvalue weighted by Gasteiger charge is 2.51. The number of ketones is 1. The van der Waals surface area contributed by atoms with Crippen molar-refractivity contribution < 1.29 is 18.7 Å². The first-order valence-corrected chi connectivity index (χ1v) is 13.7. The minimum absolute atomic E-state index is 0.0447. The zero-order valence-electron chi connectivity index (χ0n) is 21.7. The molecule has 3 N–H and O–H groups in total. The number of aromatic nitrogens is 3.